The van der Waals surface area contributed by atoms with Crippen LogP contribution in [0.5, 0.6) is 0 Å². The molecule has 0 amide bonds. The fraction of sp³-hybridized carbons (Fsp3) is 0.556. The van der Waals surface area contributed by atoms with E-state index in [1.807, 2.05) is 0 Å². The van der Waals surface area contributed by atoms with Crippen LogP contribution in [-0.2, 0) is 13.0 Å². The van der Waals surface area contributed by atoms with Gasteiger partial charge in [0.2, 0.25) is 0 Å². The van der Waals surface area contributed by atoms with E-state index in [9.17, 15) is 0 Å². The van der Waals surface area contributed by atoms with E-state index >= 15 is 0 Å². The molecule has 0 nitrogen and oxygen atoms in total. The van der Waals surface area contributed by atoms with Gasteiger partial charge in [-0.2, -0.15) is 0 Å². The molecule has 0 unspecified atom stereocenters. The van der Waals surface area contributed by atoms with Gasteiger partial charge in [-0.1, -0.05) is 75.3 Å². The molecule has 0 atom stereocenters. The topological polar surface area (TPSA) is 0 Å². The molecule has 127 valence electrons. The quantitative estimate of drug-likeness (QED) is 0.287. The molecule has 2 aliphatic carbocycles. The summed E-state index contributed by atoms with van der Waals surface area (Å²) in [7, 11) is 14.8. The zero-order valence-corrected chi connectivity index (χ0v) is 17.9. The summed E-state index contributed by atoms with van der Waals surface area (Å²) in [4.78, 5) is 0. The van der Waals surface area contributed by atoms with Crippen molar-refractivity contribution < 1.29 is 13.0 Å². The Bertz CT molecular complexity index is 482. The van der Waals surface area contributed by atoms with E-state index in [1.54, 1.807) is 11.1 Å². The zero-order chi connectivity index (χ0) is 17.0. The van der Waals surface area contributed by atoms with Crippen LogP contribution in [0.15, 0.2) is 47.6 Å². The predicted molar refractivity (Wildman–Crippen MR) is 98.0 cm³/mol. The molecule has 4 heteroatoms. The van der Waals surface area contributed by atoms with E-state index in [0.717, 1.165) is 0 Å². The van der Waals surface area contributed by atoms with Crippen LogP contribution in [-0.4, -0.2) is 0 Å². The molecule has 0 saturated carbocycles. The van der Waals surface area contributed by atoms with Gasteiger partial charge in [0.15, 0.2) is 0 Å². The second kappa shape index (κ2) is 8.52. The Morgan fingerprint density at radius 2 is 1.55 bits per heavy atom. The van der Waals surface area contributed by atoms with Crippen molar-refractivity contribution in [2.24, 2.45) is 16.7 Å². The van der Waals surface area contributed by atoms with Gasteiger partial charge in [0.1, 0.15) is 0 Å². The van der Waals surface area contributed by atoms with Crippen LogP contribution in [0.4, 0.5) is 0 Å². The summed E-state index contributed by atoms with van der Waals surface area (Å²) in [5.74, 6) is 0.534. The summed E-state index contributed by atoms with van der Waals surface area (Å²) in [5.41, 5.74) is 3.64. The van der Waals surface area contributed by atoms with E-state index in [-0.39, 0.29) is 10.8 Å². The van der Waals surface area contributed by atoms with Gasteiger partial charge in [0.25, 0.3) is 0 Å². The predicted octanol–water partition coefficient (Wildman–Crippen LogP) is 7.51. The van der Waals surface area contributed by atoms with Crippen LogP contribution >= 0.6 is 29.1 Å². The maximum atomic E-state index is 4.95. The van der Waals surface area contributed by atoms with Crippen LogP contribution in [0, 0.1) is 16.7 Å². The fourth-order valence-electron chi connectivity index (χ4n) is 2.98. The van der Waals surface area contributed by atoms with Crippen LogP contribution in [0.25, 0.3) is 0 Å². The van der Waals surface area contributed by atoms with Gasteiger partial charge in [-0.3, -0.25) is 0 Å². The average molecular weight is 450 g/mol. The molecular weight excluding hydrogens is 424 g/mol. The summed E-state index contributed by atoms with van der Waals surface area (Å²) in [6, 6.07) is 0. The summed E-state index contributed by atoms with van der Waals surface area (Å²) in [6.45, 7) is 11.8. The van der Waals surface area contributed by atoms with Gasteiger partial charge < -0.3 is 0 Å². The van der Waals surface area contributed by atoms with Crippen LogP contribution < -0.4 is 0 Å². The van der Waals surface area contributed by atoms with E-state index in [4.69, 9.17) is 29.1 Å². The molecule has 0 aromatic carbocycles. The van der Waals surface area contributed by atoms with Crippen LogP contribution in [0.2, 0.25) is 0 Å². The van der Waals surface area contributed by atoms with Gasteiger partial charge in [-0.15, -0.1) is 0 Å². The number of hydrogen-bond donors (Lipinski definition) is 0. The molecule has 0 spiro atoms. The van der Waals surface area contributed by atoms with E-state index in [2.05, 4.69) is 71.1 Å². The van der Waals surface area contributed by atoms with E-state index in [0.29, 0.717) is 5.92 Å². The molecule has 0 aromatic heterocycles. The average Bonchev–Trinajstić information content (AvgIpc) is 2.90. The first-order valence-corrected chi connectivity index (χ1v) is 14.2. The van der Waals surface area contributed by atoms with Gasteiger partial charge in [-0.25, -0.2) is 0 Å². The number of halogens is 3. The third-order valence-corrected chi connectivity index (χ3v) is 5.30. The number of rotatable bonds is 1. The summed E-state index contributed by atoms with van der Waals surface area (Å²) in [5, 5.41) is 0. The molecule has 0 radical (unpaired) electrons. The van der Waals surface area contributed by atoms with Crippen molar-refractivity contribution in [2.45, 2.75) is 47.5 Å². The standard InChI is InChI=1S/C18H26.3ClH.Ru/c1-14-16(15-10-6-7-11-15)12-8-9-13-17(2,3)18(14,4)5;;;;/h6-7,9-11,13,15H,8,12H2,1-5H3;3*1H;/q;;;;+3/p-3. The van der Waals surface area contributed by atoms with Crippen molar-refractivity contribution in [1.29, 1.82) is 0 Å². The molecule has 0 N–H and O–H groups in total. The normalized spacial score (nSPS) is 23.7. The van der Waals surface area contributed by atoms with Crippen molar-refractivity contribution in [3.63, 3.8) is 0 Å². The Kier molecular flexibility index (Phi) is 7.94. The van der Waals surface area contributed by atoms with E-state index < -0.39 is 13.0 Å². The Hall–Kier alpha value is 0.453. The molecule has 0 aromatic rings. The zero-order valence-electron chi connectivity index (χ0n) is 13.9. The Balaban J connectivity index is 0.000000541. The van der Waals surface area contributed by atoms with Gasteiger partial charge >= 0.3 is 42.1 Å². The SMILES string of the molecule is CC1=C(C2C=CC=C2)CCC=CC(C)(C)C1(C)C.[Cl][Ru]([Cl])[Cl]. The minimum atomic E-state index is -1.75. The van der Waals surface area contributed by atoms with Crippen molar-refractivity contribution in [1.82, 2.24) is 0 Å². The molecule has 0 bridgehead atoms. The Morgan fingerprint density at radius 1 is 1.05 bits per heavy atom. The first-order chi connectivity index (χ1) is 10.1. The van der Waals surface area contributed by atoms with Crippen LogP contribution in [0.1, 0.15) is 47.5 Å². The number of allylic oxidation sites excluding steroid dienone is 8. The minimum absolute atomic E-state index is 0.212. The van der Waals surface area contributed by atoms with Gasteiger partial charge in [0, 0.05) is 5.92 Å². The third-order valence-electron chi connectivity index (χ3n) is 5.30. The first kappa shape index (κ1) is 20.5. The number of hydrogen-bond acceptors (Lipinski definition) is 0. The van der Waals surface area contributed by atoms with Gasteiger partial charge in [0.05, 0.1) is 0 Å². The van der Waals surface area contributed by atoms with Gasteiger partial charge in [-0.05, 0) is 30.6 Å². The summed E-state index contributed by atoms with van der Waals surface area (Å²) in [6.07, 6.45) is 16.2. The van der Waals surface area contributed by atoms with Crippen molar-refractivity contribution in [3.8, 4) is 0 Å². The van der Waals surface area contributed by atoms with E-state index in [1.165, 1.54) is 12.8 Å². The van der Waals surface area contributed by atoms with Crippen LogP contribution in [0.3, 0.4) is 0 Å². The summed E-state index contributed by atoms with van der Waals surface area (Å²) >= 11 is -1.75. The first-order valence-electron chi connectivity index (χ1n) is 7.49. The van der Waals surface area contributed by atoms with Crippen molar-refractivity contribution in [2.75, 3.05) is 0 Å². The molecule has 2 aliphatic rings. The maximum absolute atomic E-state index is 4.95. The molecular formula is C18H26Cl3Ru. The monoisotopic (exact) mass is 449 g/mol. The van der Waals surface area contributed by atoms with Crippen molar-refractivity contribution >= 4 is 29.1 Å². The second-order valence-electron chi connectivity index (χ2n) is 6.89. The Morgan fingerprint density at radius 3 is 2.05 bits per heavy atom. The molecule has 0 fully saturated rings. The Labute approximate surface area is 153 Å². The second-order valence-corrected chi connectivity index (χ2v) is 14.8. The molecule has 2 rings (SSSR count). The molecule has 0 aliphatic heterocycles. The molecule has 22 heavy (non-hydrogen) atoms. The summed E-state index contributed by atoms with van der Waals surface area (Å²) < 4.78 is 0. The third kappa shape index (κ3) is 5.23. The molecule has 0 saturated heterocycles. The van der Waals surface area contributed by atoms with Crippen molar-refractivity contribution in [3.05, 3.63) is 47.6 Å². The molecule has 0 heterocycles. The fourth-order valence-corrected chi connectivity index (χ4v) is 2.98.